The number of pyridine rings is 1. The number of furan rings is 1. The van der Waals surface area contributed by atoms with Crippen molar-refractivity contribution in [2.45, 2.75) is 6.42 Å². The van der Waals surface area contributed by atoms with E-state index in [4.69, 9.17) is 4.42 Å². The second-order valence-corrected chi connectivity index (χ2v) is 14.6. The molecule has 268 valence electrons. The molecule has 11 rings (SSSR count). The molecule has 3 nitrogen and oxygen atoms in total. The first-order chi connectivity index (χ1) is 28.3. The Balaban J connectivity index is 1.06. The van der Waals surface area contributed by atoms with E-state index >= 15 is 0 Å². The summed E-state index contributed by atoms with van der Waals surface area (Å²) in [7, 11) is 0. The maximum Gasteiger partial charge on any atom is 0.227 e. The summed E-state index contributed by atoms with van der Waals surface area (Å²) in [5.41, 5.74) is 14.7. The van der Waals surface area contributed by atoms with Crippen LogP contribution in [0.25, 0.3) is 88.2 Å². The van der Waals surface area contributed by atoms with Crippen molar-refractivity contribution in [3.05, 3.63) is 223 Å². The van der Waals surface area contributed by atoms with Gasteiger partial charge in [-0.2, -0.15) is 0 Å². The summed E-state index contributed by atoms with van der Waals surface area (Å²) in [6, 6.07) is 69.9. The van der Waals surface area contributed by atoms with Crippen molar-refractivity contribution in [1.29, 1.82) is 0 Å². The van der Waals surface area contributed by atoms with Crippen molar-refractivity contribution in [1.82, 2.24) is 9.55 Å². The molecule has 0 unspecified atom stereocenters. The highest BCUT2D eigenvalue weighted by Crippen LogP contribution is 2.40. The van der Waals surface area contributed by atoms with Crippen LogP contribution in [-0.2, 0) is 6.42 Å². The fourth-order valence-electron chi connectivity index (χ4n) is 8.70. The van der Waals surface area contributed by atoms with Crippen molar-refractivity contribution in [3.8, 4) is 27.9 Å². The lowest BCUT2D eigenvalue weighted by atomic mass is 9.90. The molecule has 0 aliphatic carbocycles. The Hall–Kier alpha value is -7.49. The maximum atomic E-state index is 6.17. The smallest absolute Gasteiger partial charge is 0.227 e. The maximum absolute atomic E-state index is 6.17. The van der Waals surface area contributed by atoms with Gasteiger partial charge < -0.3 is 8.98 Å². The minimum absolute atomic E-state index is 0.657. The number of hydrogen-bond donors (Lipinski definition) is 0. The van der Waals surface area contributed by atoms with E-state index in [0.717, 1.165) is 28.3 Å². The Morgan fingerprint density at radius 2 is 1.11 bits per heavy atom. The Morgan fingerprint density at radius 1 is 0.491 bits per heavy atom. The molecule has 3 heteroatoms. The van der Waals surface area contributed by atoms with E-state index in [1.807, 2.05) is 6.07 Å². The molecule has 0 aliphatic rings. The third-order valence-electron chi connectivity index (χ3n) is 11.4. The second kappa shape index (κ2) is 13.7. The fraction of sp³-hybridized carbons (Fsp3) is 0.0185. The Labute approximate surface area is 330 Å². The number of hydrogen-bond acceptors (Lipinski definition) is 2. The molecule has 3 aromatic heterocycles. The van der Waals surface area contributed by atoms with Gasteiger partial charge in [0.25, 0.3) is 0 Å². The van der Waals surface area contributed by atoms with E-state index in [1.54, 1.807) is 6.20 Å². The van der Waals surface area contributed by atoms with Crippen molar-refractivity contribution in [2.75, 3.05) is 0 Å². The van der Waals surface area contributed by atoms with E-state index in [1.165, 1.54) is 77.2 Å². The van der Waals surface area contributed by atoms with E-state index in [-0.39, 0.29) is 0 Å². The van der Waals surface area contributed by atoms with Crippen LogP contribution in [0.4, 0.5) is 0 Å². The predicted octanol–water partition coefficient (Wildman–Crippen LogP) is 14.2. The van der Waals surface area contributed by atoms with Gasteiger partial charge in [0.05, 0.1) is 16.7 Å². The minimum Gasteiger partial charge on any atom is -0.438 e. The van der Waals surface area contributed by atoms with Gasteiger partial charge in [-0.25, -0.2) is 4.98 Å². The average Bonchev–Trinajstić information content (AvgIpc) is 3.82. The zero-order valence-electron chi connectivity index (χ0n) is 31.1. The van der Waals surface area contributed by atoms with Crippen LogP contribution in [0.1, 0.15) is 16.7 Å². The van der Waals surface area contributed by atoms with Gasteiger partial charge in [0.1, 0.15) is 5.58 Å². The quantitative estimate of drug-likeness (QED) is 0.164. The first kappa shape index (κ1) is 32.9. The van der Waals surface area contributed by atoms with Crippen LogP contribution in [0.2, 0.25) is 0 Å². The van der Waals surface area contributed by atoms with E-state index < -0.39 is 0 Å². The van der Waals surface area contributed by atoms with Crippen LogP contribution in [0.3, 0.4) is 0 Å². The number of para-hydroxylation sites is 2. The monoisotopic (exact) mass is 728 g/mol. The molecular weight excluding hydrogens is 693 g/mol. The highest BCUT2D eigenvalue weighted by molar-refractivity contribution is 6.12. The lowest BCUT2D eigenvalue weighted by Crippen LogP contribution is -1.98. The van der Waals surface area contributed by atoms with Gasteiger partial charge in [0.15, 0.2) is 0 Å². The standard InChI is InChI=1S/C54H36N2O/c1-2-13-37(14-3-1)40-15-4-5-16-41(40)38-27-24-36(25-28-38)26-30-42(39-29-33-53-49(35-39)48-21-12-34-55-54(48)57-53)44-31-32-52(45-18-7-6-17-43(44)45)56-50-22-10-8-19-46(50)47-20-9-11-23-51(47)56/h1-25,27-35H,26H2/b42-30+. The number of rotatable bonds is 7. The lowest BCUT2D eigenvalue weighted by molar-refractivity contribution is 0.654. The zero-order chi connectivity index (χ0) is 37.7. The molecule has 0 radical (unpaired) electrons. The van der Waals surface area contributed by atoms with Gasteiger partial charge in [-0.15, -0.1) is 0 Å². The fourth-order valence-corrected chi connectivity index (χ4v) is 8.70. The summed E-state index contributed by atoms with van der Waals surface area (Å²) in [6.45, 7) is 0. The highest BCUT2D eigenvalue weighted by atomic mass is 16.3. The van der Waals surface area contributed by atoms with Crippen molar-refractivity contribution < 1.29 is 4.42 Å². The molecule has 8 aromatic carbocycles. The number of nitrogens with zero attached hydrogens (tertiary/aromatic N) is 2. The second-order valence-electron chi connectivity index (χ2n) is 14.6. The van der Waals surface area contributed by atoms with Gasteiger partial charge in [0.2, 0.25) is 5.71 Å². The molecule has 3 heterocycles. The molecule has 0 amide bonds. The van der Waals surface area contributed by atoms with Gasteiger partial charge in [-0.05, 0) is 98.8 Å². The van der Waals surface area contributed by atoms with Crippen LogP contribution in [0, 0.1) is 0 Å². The topological polar surface area (TPSA) is 31.0 Å². The number of benzene rings is 8. The van der Waals surface area contributed by atoms with Gasteiger partial charge in [-0.3, -0.25) is 0 Å². The number of allylic oxidation sites excluding steroid dienone is 1. The molecule has 0 spiro atoms. The molecular formula is C54H36N2O. The van der Waals surface area contributed by atoms with Crippen LogP contribution >= 0.6 is 0 Å². The molecule has 0 bridgehead atoms. The zero-order valence-corrected chi connectivity index (χ0v) is 31.1. The third kappa shape index (κ3) is 5.63. The van der Waals surface area contributed by atoms with Crippen LogP contribution in [-0.4, -0.2) is 9.55 Å². The summed E-state index contributed by atoms with van der Waals surface area (Å²) >= 11 is 0. The summed E-state index contributed by atoms with van der Waals surface area (Å²) in [6.07, 6.45) is 4.95. The van der Waals surface area contributed by atoms with Gasteiger partial charge in [-0.1, -0.05) is 158 Å². The van der Waals surface area contributed by atoms with E-state index in [0.29, 0.717) is 5.71 Å². The molecule has 0 saturated carbocycles. The third-order valence-corrected chi connectivity index (χ3v) is 11.4. The Bertz CT molecular complexity index is 3260. The van der Waals surface area contributed by atoms with Crippen molar-refractivity contribution in [3.63, 3.8) is 0 Å². The van der Waals surface area contributed by atoms with Gasteiger partial charge in [0, 0.05) is 33.1 Å². The first-order valence-corrected chi connectivity index (χ1v) is 19.5. The predicted molar refractivity (Wildman–Crippen MR) is 238 cm³/mol. The van der Waals surface area contributed by atoms with E-state index in [9.17, 15) is 0 Å². The number of fused-ring (bicyclic) bond motifs is 7. The largest absolute Gasteiger partial charge is 0.438 e. The summed E-state index contributed by atoms with van der Waals surface area (Å²) in [5.74, 6) is 0. The van der Waals surface area contributed by atoms with Crippen LogP contribution < -0.4 is 0 Å². The normalized spacial score (nSPS) is 12.0. The van der Waals surface area contributed by atoms with Crippen LogP contribution in [0.5, 0.6) is 0 Å². The van der Waals surface area contributed by atoms with Gasteiger partial charge >= 0.3 is 0 Å². The molecule has 0 fully saturated rings. The molecule has 0 N–H and O–H groups in total. The lowest BCUT2D eigenvalue weighted by Gasteiger charge is -2.17. The first-order valence-electron chi connectivity index (χ1n) is 19.5. The summed E-state index contributed by atoms with van der Waals surface area (Å²) < 4.78 is 8.60. The summed E-state index contributed by atoms with van der Waals surface area (Å²) in [5, 5.41) is 7.00. The molecule has 57 heavy (non-hydrogen) atoms. The van der Waals surface area contributed by atoms with E-state index in [2.05, 4.69) is 204 Å². The van der Waals surface area contributed by atoms with Crippen LogP contribution in [0.15, 0.2) is 211 Å². The number of aromatic nitrogens is 2. The molecule has 0 saturated heterocycles. The Kier molecular flexibility index (Phi) is 7.89. The molecule has 11 aromatic rings. The SMILES string of the molecule is C(/Cc1ccc(-c2ccccc2-c2ccccc2)cc1)=C(/c1ccc2oc3ncccc3c2c1)c1ccc(-n2c3ccccc3c3ccccc32)c2ccccc12. The summed E-state index contributed by atoms with van der Waals surface area (Å²) in [4.78, 5) is 4.51. The van der Waals surface area contributed by atoms with Crippen molar-refractivity contribution >= 4 is 60.2 Å². The van der Waals surface area contributed by atoms with Crippen molar-refractivity contribution in [2.24, 2.45) is 0 Å². The Morgan fingerprint density at radius 3 is 1.84 bits per heavy atom. The molecule has 0 atom stereocenters. The highest BCUT2D eigenvalue weighted by Gasteiger charge is 2.18. The molecule has 0 aliphatic heterocycles. The average molecular weight is 729 g/mol. The minimum atomic E-state index is 0.657.